The molecule has 0 aliphatic rings. The zero-order valence-electron chi connectivity index (χ0n) is 8.14. The molecule has 0 aromatic rings. The predicted octanol–water partition coefficient (Wildman–Crippen LogP) is 2.37. The second-order valence-electron chi connectivity index (χ2n) is 2.96. The summed E-state index contributed by atoms with van der Waals surface area (Å²) < 4.78 is 52.2. The van der Waals surface area contributed by atoms with Gasteiger partial charge in [-0.2, -0.15) is 0 Å². The van der Waals surface area contributed by atoms with E-state index in [4.69, 9.17) is 3.07 Å². The van der Waals surface area contributed by atoms with Crippen LogP contribution in [0.15, 0.2) is 0 Å². The Balaban J connectivity index is 3.60. The van der Waals surface area contributed by atoms with Crippen LogP contribution < -0.4 is 0 Å². The van der Waals surface area contributed by atoms with Crippen molar-refractivity contribution in [1.29, 1.82) is 0 Å². The molecule has 2 nitrogen and oxygen atoms in total. The van der Waals surface area contributed by atoms with Crippen molar-refractivity contribution in [2.45, 2.75) is 36.5 Å². The van der Waals surface area contributed by atoms with Crippen molar-refractivity contribution in [2.24, 2.45) is 0 Å². The average molecular weight is 319 g/mol. The fourth-order valence-electron chi connectivity index (χ4n) is 0.773. The van der Waals surface area contributed by atoms with Crippen LogP contribution >= 0.6 is 0 Å². The van der Waals surface area contributed by atoms with Gasteiger partial charge in [0.25, 0.3) is 0 Å². The third-order valence-corrected chi connectivity index (χ3v) is 5.23. The molecular formula is C8H15F3O2Sn. The summed E-state index contributed by atoms with van der Waals surface area (Å²) in [5, 5.41) is 0. The second kappa shape index (κ2) is 8.64. The predicted molar refractivity (Wildman–Crippen MR) is 47.9 cm³/mol. The second-order valence-corrected chi connectivity index (χ2v) is 7.08. The number of rotatable bonds is 8. The minimum atomic E-state index is -3.43. The number of hydrogen-bond donors (Lipinski definition) is 0. The van der Waals surface area contributed by atoms with Crippen LogP contribution in [-0.4, -0.2) is 45.8 Å². The minimum absolute atomic E-state index is 0.327. The fraction of sp³-hybridized carbons (Fsp3) is 1.00. The number of alkyl halides is 3. The molecule has 0 heterocycles. The fourth-order valence-corrected chi connectivity index (χ4v) is 3.81. The summed E-state index contributed by atoms with van der Waals surface area (Å²) in [5.41, 5.74) is 0. The molecule has 0 aliphatic heterocycles. The summed E-state index contributed by atoms with van der Waals surface area (Å²) >= 11 is -3.43. The molecular weight excluding hydrogens is 304 g/mol. The molecule has 0 saturated carbocycles. The molecule has 84 valence electrons. The Morgan fingerprint density at radius 2 is 2.00 bits per heavy atom. The van der Waals surface area contributed by atoms with Crippen LogP contribution in [0.25, 0.3) is 0 Å². The molecule has 0 N–H and O–H groups in total. The van der Waals surface area contributed by atoms with E-state index in [0.717, 1.165) is 12.8 Å². The molecule has 0 rings (SSSR count). The average Bonchev–Trinajstić information content (AvgIpc) is 2.16. The standard InChI is InChI=1S/C4H6F3.C4H9O.O.Sn/c1-3(6)4(7)2-5;1-2-3-4-5;;/h3-4H,1-2H2;2-4H2,1H3;;/q;-1;;+1. The van der Waals surface area contributed by atoms with Gasteiger partial charge < -0.3 is 0 Å². The summed E-state index contributed by atoms with van der Waals surface area (Å²) in [5.74, 6) is 0. The number of unbranched alkanes of at least 4 members (excludes halogenated alkanes) is 1. The third kappa shape index (κ3) is 6.75. The van der Waals surface area contributed by atoms with Crippen molar-refractivity contribution in [1.82, 2.24) is 0 Å². The Morgan fingerprint density at radius 1 is 1.36 bits per heavy atom. The van der Waals surface area contributed by atoms with Gasteiger partial charge in [-0.3, -0.25) is 0 Å². The van der Waals surface area contributed by atoms with Gasteiger partial charge >= 0.3 is 89.3 Å². The Bertz CT molecular complexity index is 169. The van der Waals surface area contributed by atoms with Crippen LogP contribution in [-0.2, 0) is 6.15 Å². The molecule has 0 radical (unpaired) electrons. The van der Waals surface area contributed by atoms with Crippen LogP contribution in [0.3, 0.4) is 0 Å². The SMILES string of the molecule is CCCC[O][Sn](=[O])[CH2]C(F)C(F)CF. The van der Waals surface area contributed by atoms with E-state index in [1.54, 1.807) is 0 Å². The van der Waals surface area contributed by atoms with Gasteiger partial charge in [0, 0.05) is 0 Å². The third-order valence-electron chi connectivity index (χ3n) is 1.66. The topological polar surface area (TPSA) is 26.3 Å². The van der Waals surface area contributed by atoms with Gasteiger partial charge in [-0.05, 0) is 0 Å². The molecule has 0 aliphatic carbocycles. The quantitative estimate of drug-likeness (QED) is 0.507. The van der Waals surface area contributed by atoms with Gasteiger partial charge in [0.1, 0.15) is 0 Å². The molecule has 0 bridgehead atoms. The van der Waals surface area contributed by atoms with E-state index in [9.17, 15) is 16.2 Å². The molecule has 14 heavy (non-hydrogen) atoms. The first kappa shape index (κ1) is 14.3. The normalized spacial score (nSPS) is 15.1. The van der Waals surface area contributed by atoms with E-state index >= 15 is 0 Å². The molecule has 0 amide bonds. The van der Waals surface area contributed by atoms with Crippen LogP contribution in [0.5, 0.6) is 0 Å². The molecule has 0 aromatic carbocycles. The zero-order valence-corrected chi connectivity index (χ0v) is 11.0. The van der Waals surface area contributed by atoms with Gasteiger partial charge in [0.15, 0.2) is 0 Å². The maximum atomic E-state index is 12.7. The monoisotopic (exact) mass is 320 g/mol. The Labute approximate surface area is 89.5 Å². The van der Waals surface area contributed by atoms with Crippen molar-refractivity contribution >= 4 is 20.2 Å². The van der Waals surface area contributed by atoms with Crippen molar-refractivity contribution in [3.8, 4) is 0 Å². The van der Waals surface area contributed by atoms with E-state index in [0.29, 0.717) is 6.61 Å². The van der Waals surface area contributed by atoms with Gasteiger partial charge in [-0.25, -0.2) is 0 Å². The van der Waals surface area contributed by atoms with Crippen LogP contribution in [0, 0.1) is 0 Å². The number of hydrogen-bond acceptors (Lipinski definition) is 2. The molecule has 0 spiro atoms. The van der Waals surface area contributed by atoms with E-state index in [1.165, 1.54) is 0 Å². The first-order valence-corrected chi connectivity index (χ1v) is 8.96. The van der Waals surface area contributed by atoms with Crippen molar-refractivity contribution in [3.05, 3.63) is 0 Å². The van der Waals surface area contributed by atoms with Crippen LogP contribution in [0.1, 0.15) is 19.8 Å². The number of halogens is 3. The Morgan fingerprint density at radius 3 is 2.50 bits per heavy atom. The van der Waals surface area contributed by atoms with Crippen LogP contribution in [0.2, 0.25) is 4.44 Å². The Kier molecular flexibility index (Phi) is 8.86. The molecule has 0 saturated heterocycles. The maximum absolute atomic E-state index is 12.7. The molecule has 0 fully saturated rings. The van der Waals surface area contributed by atoms with Gasteiger partial charge in [-0.1, -0.05) is 0 Å². The summed E-state index contributed by atoms with van der Waals surface area (Å²) in [6, 6.07) is 0. The zero-order chi connectivity index (χ0) is 11.0. The first-order chi connectivity index (χ1) is 6.61. The van der Waals surface area contributed by atoms with E-state index in [1.807, 2.05) is 6.92 Å². The van der Waals surface area contributed by atoms with E-state index < -0.39 is 43.6 Å². The molecule has 2 unspecified atom stereocenters. The van der Waals surface area contributed by atoms with Crippen molar-refractivity contribution in [2.75, 3.05) is 13.3 Å². The molecule has 0 aromatic heterocycles. The van der Waals surface area contributed by atoms with Crippen molar-refractivity contribution < 1.29 is 19.3 Å². The van der Waals surface area contributed by atoms with Crippen LogP contribution in [0.4, 0.5) is 13.2 Å². The summed E-state index contributed by atoms with van der Waals surface area (Å²) in [4.78, 5) is 0. The molecule has 6 heteroatoms. The van der Waals surface area contributed by atoms with Gasteiger partial charge in [0.2, 0.25) is 0 Å². The molecule has 2 atom stereocenters. The summed E-state index contributed by atoms with van der Waals surface area (Å²) in [6.45, 7) is 0.899. The first-order valence-electron chi connectivity index (χ1n) is 4.61. The van der Waals surface area contributed by atoms with E-state index in [2.05, 4.69) is 0 Å². The van der Waals surface area contributed by atoms with E-state index in [-0.39, 0.29) is 0 Å². The van der Waals surface area contributed by atoms with Gasteiger partial charge in [-0.15, -0.1) is 0 Å². The summed E-state index contributed by atoms with van der Waals surface area (Å²) in [7, 11) is 0. The summed E-state index contributed by atoms with van der Waals surface area (Å²) in [6.07, 6.45) is -2.49. The Hall–Kier alpha value is 0.349. The van der Waals surface area contributed by atoms with Crippen molar-refractivity contribution in [3.63, 3.8) is 0 Å². The van der Waals surface area contributed by atoms with Gasteiger partial charge in [0.05, 0.1) is 0 Å².